The molecular weight excluding hydrogens is 496 g/mol. The van der Waals surface area contributed by atoms with Crippen LogP contribution in [0, 0.1) is 5.82 Å². The van der Waals surface area contributed by atoms with E-state index >= 15 is 4.39 Å². The van der Waals surface area contributed by atoms with E-state index in [4.69, 9.17) is 19.4 Å². The Morgan fingerprint density at radius 1 is 1.12 bits per heavy atom. The van der Waals surface area contributed by atoms with Gasteiger partial charge in [0.15, 0.2) is 20.9 Å². The Labute approximate surface area is 204 Å². The molecule has 12 heteroatoms. The molecule has 2 aromatic carbocycles. The maximum atomic E-state index is 15.2. The lowest BCUT2D eigenvalue weighted by molar-refractivity contribution is -0.0499. The van der Waals surface area contributed by atoms with E-state index in [1.54, 1.807) is 13.1 Å². The molecule has 0 saturated carbocycles. The summed E-state index contributed by atoms with van der Waals surface area (Å²) in [5.74, 6) is -2.67. The molecule has 6 nitrogen and oxygen atoms in total. The molecule has 0 radical (unpaired) electrons. The first-order chi connectivity index (χ1) is 17.0. The second-order valence-corrected chi connectivity index (χ2v) is 15.2. The van der Waals surface area contributed by atoms with Gasteiger partial charge in [-0.3, -0.25) is 0 Å². The van der Waals surface area contributed by atoms with E-state index in [2.05, 4.69) is 4.18 Å². The Balaban J connectivity index is 2.80. The molecule has 0 bridgehead atoms. The van der Waals surface area contributed by atoms with Crippen LogP contribution in [0.25, 0.3) is 10.8 Å². The van der Waals surface area contributed by atoms with Gasteiger partial charge in [-0.25, -0.2) is 4.39 Å². The Morgan fingerprint density at radius 2 is 1.76 bits per heavy atom. The van der Waals surface area contributed by atoms with Gasteiger partial charge >= 0.3 is 15.6 Å². The molecule has 0 aliphatic rings. The Morgan fingerprint density at radius 3 is 2.32 bits per heavy atom. The average Bonchev–Trinajstić information content (AvgIpc) is 2.74. The fourth-order valence-electron chi connectivity index (χ4n) is 2.50. The first-order valence-electron chi connectivity index (χ1n) is 12.0. The topological polar surface area (TPSA) is 71.1 Å². The highest BCUT2D eigenvalue weighted by atomic mass is 32.2. The number of hydrogen-bond acceptors (Lipinski definition) is 6. The summed E-state index contributed by atoms with van der Waals surface area (Å²) in [6.07, 6.45) is -6.14. The predicted molar refractivity (Wildman–Crippen MR) is 123 cm³/mol. The highest BCUT2D eigenvalue weighted by Gasteiger charge is 2.49. The van der Waals surface area contributed by atoms with E-state index in [0.717, 1.165) is 12.1 Å². The third-order valence-electron chi connectivity index (χ3n) is 5.36. The van der Waals surface area contributed by atoms with Gasteiger partial charge in [0.2, 0.25) is 0 Å². The summed E-state index contributed by atoms with van der Waals surface area (Å²) in [5, 5.41) is -1.26. The largest absolute Gasteiger partial charge is 0.534 e. The third-order valence-corrected chi connectivity index (χ3v) is 10.8. The van der Waals surface area contributed by atoms with Gasteiger partial charge in [-0.1, -0.05) is 26.8 Å². The molecule has 0 fully saturated rings. The Kier molecular flexibility index (Phi) is 6.89. The van der Waals surface area contributed by atoms with Crippen LogP contribution in [0.4, 0.5) is 17.6 Å². The summed E-state index contributed by atoms with van der Waals surface area (Å²) >= 11 is 0. The van der Waals surface area contributed by atoms with Crippen molar-refractivity contribution < 1.29 is 49.5 Å². The molecule has 0 unspecified atom stereocenters. The minimum absolute atomic E-state index is 0.174. The number of benzene rings is 2. The smallest absolute Gasteiger partial charge is 0.467 e. The maximum absolute atomic E-state index is 15.2. The quantitative estimate of drug-likeness (QED) is 0.121. The number of fused-ring (bicyclic) bond motifs is 1. The van der Waals surface area contributed by atoms with Crippen molar-refractivity contribution in [3.8, 4) is 11.5 Å². The highest BCUT2D eigenvalue weighted by Crippen LogP contribution is 2.39. The van der Waals surface area contributed by atoms with E-state index in [1.807, 2.05) is 20.8 Å². The first-order valence-corrected chi connectivity index (χ1v) is 14.3. The molecule has 0 heterocycles. The molecule has 0 spiro atoms. The maximum Gasteiger partial charge on any atom is 0.534 e. The fourth-order valence-corrected chi connectivity index (χ4v) is 3.82. The summed E-state index contributed by atoms with van der Waals surface area (Å²) in [7, 11) is -7.63. The van der Waals surface area contributed by atoms with Crippen molar-refractivity contribution in [3.63, 3.8) is 0 Å². The average molecular weight is 531 g/mol. The molecule has 192 valence electrons. The van der Waals surface area contributed by atoms with E-state index in [0.29, 0.717) is 6.07 Å². The molecule has 0 amide bonds. The molecule has 2 rings (SSSR count). The van der Waals surface area contributed by atoms with Gasteiger partial charge in [0.05, 0.1) is 0 Å². The van der Waals surface area contributed by atoms with Crippen molar-refractivity contribution in [1.82, 2.24) is 0 Å². The fraction of sp³-hybridized carbons (Fsp3) is 0.545. The third kappa shape index (κ3) is 6.61. The monoisotopic (exact) mass is 530 g/mol. The standard InChI is InChI=1S/C22H30F4O6SSi/c1-21(2,3)34(5,6)31-11-7-8-17-18(23)10-9-15-12-16(30-14-29-4)13-19(20(15)17)32-33(27,28)22(24,25)26/h9-10,12-13H,7-8,11,14H2,1-6H3/i7D2,8D2. The summed E-state index contributed by atoms with van der Waals surface area (Å²) < 4.78 is 132. The molecule has 0 aliphatic carbocycles. The molecule has 0 atom stereocenters. The molecule has 0 N–H and O–H groups in total. The van der Waals surface area contributed by atoms with Crippen molar-refractivity contribution in [3.05, 3.63) is 35.6 Å². The van der Waals surface area contributed by atoms with Gasteiger partial charge in [0, 0.05) is 30.7 Å². The molecule has 2 aromatic rings. The zero-order chi connectivity index (χ0) is 29.5. The second-order valence-electron chi connectivity index (χ2n) is 8.83. The molecule has 34 heavy (non-hydrogen) atoms. The summed E-state index contributed by atoms with van der Waals surface area (Å²) in [4.78, 5) is 0. The lowest BCUT2D eigenvalue weighted by Gasteiger charge is -2.36. The number of halogens is 4. The van der Waals surface area contributed by atoms with E-state index < -0.39 is 65.8 Å². The summed E-state index contributed by atoms with van der Waals surface area (Å²) in [6.45, 7) is 8.03. The van der Waals surface area contributed by atoms with Crippen molar-refractivity contribution in [1.29, 1.82) is 0 Å². The van der Waals surface area contributed by atoms with Crippen molar-refractivity contribution in [2.75, 3.05) is 20.5 Å². The van der Waals surface area contributed by atoms with Crippen LogP contribution >= 0.6 is 0 Å². The first kappa shape index (κ1) is 22.6. The van der Waals surface area contributed by atoms with Crippen LogP contribution in [0.5, 0.6) is 11.5 Å². The summed E-state index contributed by atoms with van der Waals surface area (Å²) in [5.41, 5.74) is -6.90. The van der Waals surface area contributed by atoms with Gasteiger partial charge in [0.25, 0.3) is 0 Å². The minimum atomic E-state index is -6.28. The lowest BCUT2D eigenvalue weighted by Crippen LogP contribution is -2.41. The predicted octanol–water partition coefficient (Wildman–Crippen LogP) is 6.14. The zero-order valence-corrected chi connectivity index (χ0v) is 21.4. The van der Waals surface area contributed by atoms with E-state index in [-0.39, 0.29) is 23.0 Å². The Hall–Kier alpha value is -1.89. The van der Waals surface area contributed by atoms with Crippen LogP contribution in [0.1, 0.15) is 38.2 Å². The highest BCUT2D eigenvalue weighted by molar-refractivity contribution is 7.88. The van der Waals surface area contributed by atoms with Gasteiger partial charge in [0.1, 0.15) is 11.6 Å². The van der Waals surface area contributed by atoms with Crippen LogP contribution in [-0.2, 0) is 25.7 Å². The molecule has 0 saturated heterocycles. The number of aryl methyl sites for hydroxylation is 1. The van der Waals surface area contributed by atoms with E-state index in [9.17, 15) is 21.6 Å². The Bertz CT molecular complexity index is 1280. The van der Waals surface area contributed by atoms with Crippen LogP contribution in [0.15, 0.2) is 24.3 Å². The van der Waals surface area contributed by atoms with Gasteiger partial charge < -0.3 is 18.1 Å². The van der Waals surface area contributed by atoms with Gasteiger partial charge in [-0.05, 0) is 54.0 Å². The molecule has 0 aliphatic heterocycles. The van der Waals surface area contributed by atoms with Crippen molar-refractivity contribution in [2.45, 2.75) is 57.2 Å². The number of alkyl halides is 3. The molecule has 0 aromatic heterocycles. The van der Waals surface area contributed by atoms with Gasteiger partial charge in [-0.15, -0.1) is 0 Å². The SMILES string of the molecule is [2H]C([2H])(CO[Si](C)(C)C(C)(C)C)C([2H])([2H])c1c(F)ccc2cc(OCOC)cc(OS(=O)(=O)C(F)(F)F)c12. The lowest BCUT2D eigenvalue weighted by atomic mass is 9.99. The number of ether oxygens (including phenoxy) is 2. The van der Waals surface area contributed by atoms with E-state index in [1.165, 1.54) is 13.2 Å². The summed E-state index contributed by atoms with van der Waals surface area (Å²) in [6, 6.07) is 3.69. The van der Waals surface area contributed by atoms with Crippen LogP contribution in [-0.4, -0.2) is 42.8 Å². The minimum Gasteiger partial charge on any atom is -0.467 e. The molecular formula is C22H30F4O6SSi. The zero-order valence-electron chi connectivity index (χ0n) is 23.6. The van der Waals surface area contributed by atoms with Gasteiger partial charge in [-0.2, -0.15) is 21.6 Å². The van der Waals surface area contributed by atoms with Crippen LogP contribution in [0.3, 0.4) is 0 Å². The second kappa shape index (κ2) is 10.4. The van der Waals surface area contributed by atoms with Crippen molar-refractivity contribution in [2.24, 2.45) is 0 Å². The number of hydrogen-bond donors (Lipinski definition) is 0. The van der Waals surface area contributed by atoms with Crippen LogP contribution < -0.4 is 8.92 Å². The normalized spacial score (nSPS) is 15.9. The van der Waals surface area contributed by atoms with Crippen LogP contribution in [0.2, 0.25) is 18.1 Å². The number of methoxy groups -OCH3 is 1. The van der Waals surface area contributed by atoms with Crippen molar-refractivity contribution >= 4 is 29.2 Å². The number of rotatable bonds is 10.